The molecule has 7 nitrogen and oxygen atoms in total. The smallest absolute Gasteiger partial charge is 0.332 e. The number of phenolic OH excluding ortho intramolecular Hbond substituents is 1. The average Bonchev–Trinajstić information content (AvgIpc) is 3.00. The predicted octanol–water partition coefficient (Wildman–Crippen LogP) is 2.30. The first-order chi connectivity index (χ1) is 11.4. The van der Waals surface area contributed by atoms with Crippen molar-refractivity contribution < 1.29 is 33.4 Å². The third-order valence-electron chi connectivity index (χ3n) is 3.06. The molecule has 0 saturated carbocycles. The van der Waals surface area contributed by atoms with Crippen LogP contribution in [0, 0.1) is 5.82 Å². The van der Waals surface area contributed by atoms with Gasteiger partial charge in [0.25, 0.3) is 5.90 Å². The van der Waals surface area contributed by atoms with Crippen LogP contribution in [0.5, 0.6) is 5.75 Å². The highest BCUT2D eigenvalue weighted by Gasteiger charge is 2.32. The van der Waals surface area contributed by atoms with Crippen molar-refractivity contribution in [2.75, 3.05) is 6.61 Å². The SMILES string of the molecule is CCO/C(=N/OC(C)=O)C1CC=C(C(=O)c2c(O)cccc2F)O1. The third kappa shape index (κ3) is 3.89. The molecule has 0 bridgehead atoms. The van der Waals surface area contributed by atoms with Crippen LogP contribution in [-0.2, 0) is 19.1 Å². The van der Waals surface area contributed by atoms with E-state index in [2.05, 4.69) is 9.99 Å². The van der Waals surface area contributed by atoms with Gasteiger partial charge < -0.3 is 19.4 Å². The van der Waals surface area contributed by atoms with Gasteiger partial charge in [0.2, 0.25) is 5.78 Å². The number of hydrogen-bond acceptors (Lipinski definition) is 7. The lowest BCUT2D eigenvalue weighted by Crippen LogP contribution is -2.25. The zero-order valence-corrected chi connectivity index (χ0v) is 13.1. The average molecular weight is 337 g/mol. The van der Waals surface area contributed by atoms with Gasteiger partial charge in [0.1, 0.15) is 17.1 Å². The molecule has 0 aliphatic carbocycles. The van der Waals surface area contributed by atoms with E-state index < -0.39 is 35.0 Å². The van der Waals surface area contributed by atoms with Crippen molar-refractivity contribution in [2.24, 2.45) is 5.16 Å². The molecule has 2 rings (SSSR count). The van der Waals surface area contributed by atoms with Crippen molar-refractivity contribution >= 4 is 17.7 Å². The van der Waals surface area contributed by atoms with Crippen LogP contribution in [0.2, 0.25) is 0 Å². The monoisotopic (exact) mass is 337 g/mol. The summed E-state index contributed by atoms with van der Waals surface area (Å²) >= 11 is 0. The fourth-order valence-corrected chi connectivity index (χ4v) is 2.06. The lowest BCUT2D eigenvalue weighted by atomic mass is 10.1. The number of carbonyl (C=O) groups excluding carboxylic acids is 2. The van der Waals surface area contributed by atoms with Gasteiger partial charge in [0.15, 0.2) is 11.9 Å². The van der Waals surface area contributed by atoms with Gasteiger partial charge in [-0.05, 0) is 30.3 Å². The molecule has 8 heteroatoms. The maximum atomic E-state index is 13.8. The van der Waals surface area contributed by atoms with Gasteiger partial charge in [-0.25, -0.2) is 9.18 Å². The van der Waals surface area contributed by atoms with E-state index in [-0.39, 0.29) is 24.7 Å². The molecule has 0 radical (unpaired) electrons. The molecule has 1 N–H and O–H groups in total. The Labute approximate surface area is 137 Å². The lowest BCUT2D eigenvalue weighted by Gasteiger charge is -2.15. The Kier molecular flexibility index (Phi) is 5.51. The number of phenols is 1. The number of rotatable bonds is 5. The molecule has 0 spiro atoms. The quantitative estimate of drug-likeness (QED) is 0.291. The molecule has 0 amide bonds. The number of carbonyl (C=O) groups is 2. The number of benzene rings is 1. The molecule has 1 heterocycles. The van der Waals surface area contributed by atoms with Crippen LogP contribution in [0.3, 0.4) is 0 Å². The number of Topliss-reactive ketones (excluding diaryl/α,β-unsaturated/α-hetero) is 1. The van der Waals surface area contributed by atoms with Gasteiger partial charge in [0.05, 0.1) is 6.61 Å². The zero-order chi connectivity index (χ0) is 17.7. The highest BCUT2D eigenvalue weighted by atomic mass is 19.1. The largest absolute Gasteiger partial charge is 0.507 e. The Bertz CT molecular complexity index is 692. The number of ether oxygens (including phenoxy) is 2. The number of halogens is 1. The normalized spacial score (nSPS) is 17.0. The molecule has 1 aromatic carbocycles. The Hall–Kier alpha value is -2.90. The molecular weight excluding hydrogens is 321 g/mol. The number of aromatic hydroxyl groups is 1. The summed E-state index contributed by atoms with van der Waals surface area (Å²) in [5.74, 6) is -2.92. The summed E-state index contributed by atoms with van der Waals surface area (Å²) in [7, 11) is 0. The van der Waals surface area contributed by atoms with Crippen molar-refractivity contribution in [3.05, 3.63) is 41.4 Å². The second-order valence-corrected chi connectivity index (χ2v) is 4.82. The van der Waals surface area contributed by atoms with Crippen molar-refractivity contribution in [1.29, 1.82) is 0 Å². The molecule has 0 fully saturated rings. The molecule has 1 aromatic rings. The Morgan fingerprint density at radius 2 is 2.21 bits per heavy atom. The second-order valence-electron chi connectivity index (χ2n) is 4.82. The standard InChI is InChI=1S/C16H16FNO6/c1-3-22-16(18-24-9(2)19)13-8-7-12(23-13)15(21)14-10(17)5-4-6-11(14)20/h4-7,13,20H,3,8H2,1-2H3/b18-16+. The molecule has 1 aliphatic heterocycles. The van der Waals surface area contributed by atoms with Gasteiger partial charge in [-0.3, -0.25) is 4.79 Å². The molecule has 24 heavy (non-hydrogen) atoms. The molecule has 1 unspecified atom stereocenters. The first-order valence-corrected chi connectivity index (χ1v) is 7.21. The first-order valence-electron chi connectivity index (χ1n) is 7.21. The van der Waals surface area contributed by atoms with E-state index in [1.54, 1.807) is 6.92 Å². The molecule has 128 valence electrons. The second kappa shape index (κ2) is 7.58. The number of oxime groups is 1. The summed E-state index contributed by atoms with van der Waals surface area (Å²) in [4.78, 5) is 27.7. The van der Waals surface area contributed by atoms with Gasteiger partial charge >= 0.3 is 5.97 Å². The Morgan fingerprint density at radius 1 is 1.46 bits per heavy atom. The number of nitrogens with zero attached hydrogens (tertiary/aromatic N) is 1. The fraction of sp³-hybridized carbons (Fsp3) is 0.312. The molecule has 0 aromatic heterocycles. The van der Waals surface area contributed by atoms with Crippen molar-refractivity contribution in [3.8, 4) is 5.75 Å². The van der Waals surface area contributed by atoms with Gasteiger partial charge in [-0.1, -0.05) is 6.07 Å². The van der Waals surface area contributed by atoms with Crippen LogP contribution in [0.1, 0.15) is 30.6 Å². The van der Waals surface area contributed by atoms with Gasteiger partial charge in [-0.2, -0.15) is 0 Å². The Balaban J connectivity index is 2.15. The van der Waals surface area contributed by atoms with Crippen molar-refractivity contribution in [3.63, 3.8) is 0 Å². The van der Waals surface area contributed by atoms with Crippen LogP contribution in [0.4, 0.5) is 4.39 Å². The van der Waals surface area contributed by atoms with Crippen LogP contribution < -0.4 is 0 Å². The van der Waals surface area contributed by atoms with Crippen LogP contribution in [0.15, 0.2) is 35.2 Å². The third-order valence-corrected chi connectivity index (χ3v) is 3.06. The number of allylic oxidation sites excluding steroid dienone is 1. The van der Waals surface area contributed by atoms with E-state index in [0.29, 0.717) is 0 Å². The van der Waals surface area contributed by atoms with E-state index in [4.69, 9.17) is 9.47 Å². The van der Waals surface area contributed by atoms with E-state index in [9.17, 15) is 19.1 Å². The maximum absolute atomic E-state index is 13.8. The maximum Gasteiger partial charge on any atom is 0.332 e. The van der Waals surface area contributed by atoms with Crippen LogP contribution in [-0.4, -0.2) is 35.5 Å². The summed E-state index contributed by atoms with van der Waals surface area (Å²) in [5, 5.41) is 13.2. The highest BCUT2D eigenvalue weighted by molar-refractivity contribution is 6.09. The number of ketones is 1. The summed E-state index contributed by atoms with van der Waals surface area (Å²) < 4.78 is 24.4. The minimum atomic E-state index is -0.855. The zero-order valence-electron chi connectivity index (χ0n) is 13.1. The van der Waals surface area contributed by atoms with Crippen molar-refractivity contribution in [1.82, 2.24) is 0 Å². The molecule has 1 atom stereocenters. The first kappa shape index (κ1) is 17.5. The molecule has 1 aliphatic rings. The van der Waals surface area contributed by atoms with Crippen LogP contribution in [0.25, 0.3) is 0 Å². The summed E-state index contributed by atoms with van der Waals surface area (Å²) in [6.45, 7) is 3.13. The summed E-state index contributed by atoms with van der Waals surface area (Å²) in [6.07, 6.45) is 0.870. The summed E-state index contributed by atoms with van der Waals surface area (Å²) in [6, 6.07) is 3.55. The van der Waals surface area contributed by atoms with E-state index >= 15 is 0 Å². The van der Waals surface area contributed by atoms with Crippen LogP contribution >= 0.6 is 0 Å². The fourth-order valence-electron chi connectivity index (χ4n) is 2.06. The minimum Gasteiger partial charge on any atom is -0.507 e. The van der Waals surface area contributed by atoms with E-state index in [0.717, 1.165) is 6.07 Å². The highest BCUT2D eigenvalue weighted by Crippen LogP contribution is 2.28. The minimum absolute atomic E-state index is 0.00972. The van der Waals surface area contributed by atoms with E-state index in [1.165, 1.54) is 25.1 Å². The topological polar surface area (TPSA) is 94.4 Å². The van der Waals surface area contributed by atoms with Crippen molar-refractivity contribution in [2.45, 2.75) is 26.4 Å². The Morgan fingerprint density at radius 3 is 2.83 bits per heavy atom. The number of hydrogen-bond donors (Lipinski definition) is 1. The lowest BCUT2D eigenvalue weighted by molar-refractivity contribution is -0.141. The summed E-state index contributed by atoms with van der Waals surface area (Å²) in [5.41, 5.74) is -0.473. The molecule has 0 saturated heterocycles. The van der Waals surface area contributed by atoms with E-state index in [1.807, 2.05) is 0 Å². The van der Waals surface area contributed by atoms with Gasteiger partial charge in [-0.15, -0.1) is 0 Å². The van der Waals surface area contributed by atoms with Gasteiger partial charge in [0, 0.05) is 13.3 Å². The molecular formula is C16H16FNO6. The predicted molar refractivity (Wildman–Crippen MR) is 80.8 cm³/mol.